The lowest BCUT2D eigenvalue weighted by atomic mass is 10.1. The predicted octanol–water partition coefficient (Wildman–Crippen LogP) is 3.58. The van der Waals surface area contributed by atoms with Crippen LogP contribution in [-0.4, -0.2) is 19.6 Å². The fourth-order valence-electron chi connectivity index (χ4n) is 2.08. The Morgan fingerprint density at radius 3 is 2.71 bits per heavy atom. The minimum atomic E-state index is 0.561. The minimum absolute atomic E-state index is 0.561. The molecule has 0 aliphatic carbocycles. The topological polar surface area (TPSA) is 29.3 Å². The Morgan fingerprint density at radius 2 is 2.12 bits per heavy atom. The molecule has 3 heteroatoms. The van der Waals surface area contributed by atoms with Crippen molar-refractivity contribution in [2.75, 3.05) is 18.5 Å². The maximum absolute atomic E-state index is 5.67. The summed E-state index contributed by atoms with van der Waals surface area (Å²) < 4.78 is 1.13. The first-order chi connectivity index (χ1) is 8.10. The van der Waals surface area contributed by atoms with E-state index in [0.29, 0.717) is 12.6 Å². The summed E-state index contributed by atoms with van der Waals surface area (Å²) in [6.07, 6.45) is 3.36. The fourth-order valence-corrected chi connectivity index (χ4v) is 2.43. The molecular weight excluding hydrogens is 276 g/mol. The highest BCUT2D eigenvalue weighted by Crippen LogP contribution is 2.27. The Labute approximate surface area is 113 Å². The zero-order valence-corrected chi connectivity index (χ0v) is 12.6. The van der Waals surface area contributed by atoms with Crippen molar-refractivity contribution in [2.24, 2.45) is 5.73 Å². The van der Waals surface area contributed by atoms with Gasteiger partial charge < -0.3 is 10.6 Å². The van der Waals surface area contributed by atoms with Gasteiger partial charge in [-0.15, -0.1) is 0 Å². The Kier molecular flexibility index (Phi) is 6.00. The molecule has 1 atom stereocenters. The largest absolute Gasteiger partial charge is 0.372 e. The first-order valence-corrected chi connectivity index (χ1v) is 7.10. The summed E-state index contributed by atoms with van der Waals surface area (Å²) in [5.41, 5.74) is 8.30. The Morgan fingerprint density at radius 1 is 1.41 bits per heavy atom. The highest BCUT2D eigenvalue weighted by Gasteiger charge is 2.13. The Bertz CT molecular complexity index is 352. The van der Waals surface area contributed by atoms with Crippen molar-refractivity contribution in [1.82, 2.24) is 0 Å². The molecule has 96 valence electrons. The molecule has 1 unspecified atom stereocenters. The molecule has 0 fully saturated rings. The molecule has 1 aromatic rings. The van der Waals surface area contributed by atoms with E-state index in [1.54, 1.807) is 0 Å². The average Bonchev–Trinajstić information content (AvgIpc) is 2.31. The van der Waals surface area contributed by atoms with Crippen LogP contribution < -0.4 is 10.6 Å². The van der Waals surface area contributed by atoms with Crippen LogP contribution in [0.1, 0.15) is 32.3 Å². The summed E-state index contributed by atoms with van der Waals surface area (Å²) in [6, 6.07) is 7.01. The van der Waals surface area contributed by atoms with E-state index in [4.69, 9.17) is 5.73 Å². The van der Waals surface area contributed by atoms with Crippen LogP contribution in [0.3, 0.4) is 0 Å². The molecule has 17 heavy (non-hydrogen) atoms. The molecule has 2 N–H and O–H groups in total. The van der Waals surface area contributed by atoms with Gasteiger partial charge in [-0.05, 0) is 44.0 Å². The van der Waals surface area contributed by atoms with Crippen molar-refractivity contribution in [3.05, 3.63) is 28.2 Å². The number of hydrogen-bond acceptors (Lipinski definition) is 2. The number of hydrogen-bond donors (Lipinski definition) is 1. The molecule has 0 aliphatic rings. The summed E-state index contributed by atoms with van der Waals surface area (Å²) in [5, 5.41) is 0. The third-order valence-corrected chi connectivity index (χ3v) is 3.70. The van der Waals surface area contributed by atoms with E-state index in [0.717, 1.165) is 10.9 Å². The van der Waals surface area contributed by atoms with E-state index in [9.17, 15) is 0 Å². The minimum Gasteiger partial charge on any atom is -0.372 e. The summed E-state index contributed by atoms with van der Waals surface area (Å²) in [6.45, 7) is 5.20. The second-order valence-corrected chi connectivity index (χ2v) is 5.48. The molecule has 0 bridgehead atoms. The van der Waals surface area contributed by atoms with E-state index < -0.39 is 0 Å². The molecule has 1 rings (SSSR count). The van der Waals surface area contributed by atoms with Gasteiger partial charge >= 0.3 is 0 Å². The number of halogens is 1. The van der Waals surface area contributed by atoms with Crippen LogP contribution in [0.25, 0.3) is 0 Å². The normalized spacial score (nSPS) is 12.5. The number of rotatable bonds is 6. The second kappa shape index (κ2) is 7.02. The van der Waals surface area contributed by atoms with Crippen molar-refractivity contribution in [3.8, 4) is 0 Å². The van der Waals surface area contributed by atoms with Gasteiger partial charge in [0.2, 0.25) is 0 Å². The lowest BCUT2D eigenvalue weighted by molar-refractivity contribution is 0.614. The monoisotopic (exact) mass is 298 g/mol. The predicted molar refractivity (Wildman–Crippen MR) is 79.7 cm³/mol. The molecule has 0 saturated carbocycles. The van der Waals surface area contributed by atoms with Crippen molar-refractivity contribution in [1.29, 1.82) is 0 Å². The van der Waals surface area contributed by atoms with Crippen molar-refractivity contribution in [2.45, 2.75) is 39.2 Å². The third kappa shape index (κ3) is 4.00. The SMILES string of the molecule is CCCC(C)N(C)c1cc(Br)ccc1CCN. The molecule has 0 saturated heterocycles. The standard InChI is InChI=1S/C14H23BrN2/c1-4-5-11(2)17(3)14-10-13(15)7-6-12(14)8-9-16/h6-7,10-11H,4-5,8-9,16H2,1-3H3. The molecule has 0 radical (unpaired) electrons. The van der Waals surface area contributed by atoms with Crippen LogP contribution in [0.2, 0.25) is 0 Å². The lowest BCUT2D eigenvalue weighted by Crippen LogP contribution is -2.29. The second-order valence-electron chi connectivity index (χ2n) is 4.56. The zero-order chi connectivity index (χ0) is 12.8. The van der Waals surface area contributed by atoms with Gasteiger partial charge in [0, 0.05) is 23.2 Å². The van der Waals surface area contributed by atoms with E-state index in [2.05, 4.69) is 59.9 Å². The van der Waals surface area contributed by atoms with Gasteiger partial charge in [0.25, 0.3) is 0 Å². The Balaban J connectivity index is 2.96. The molecule has 0 aromatic heterocycles. The zero-order valence-electron chi connectivity index (χ0n) is 11.0. The van der Waals surface area contributed by atoms with Crippen LogP contribution in [0.5, 0.6) is 0 Å². The van der Waals surface area contributed by atoms with Crippen LogP contribution >= 0.6 is 15.9 Å². The quantitative estimate of drug-likeness (QED) is 0.870. The van der Waals surface area contributed by atoms with Crippen LogP contribution in [0, 0.1) is 0 Å². The molecule has 0 aliphatic heterocycles. The van der Waals surface area contributed by atoms with Gasteiger partial charge in [-0.25, -0.2) is 0 Å². The number of benzene rings is 1. The summed E-state index contributed by atoms with van der Waals surface area (Å²) in [7, 11) is 2.17. The molecule has 1 aromatic carbocycles. The van der Waals surface area contributed by atoms with Gasteiger partial charge in [-0.1, -0.05) is 35.3 Å². The highest BCUT2D eigenvalue weighted by molar-refractivity contribution is 9.10. The van der Waals surface area contributed by atoms with Crippen LogP contribution in [0.4, 0.5) is 5.69 Å². The summed E-state index contributed by atoms with van der Waals surface area (Å²) in [5.74, 6) is 0. The van der Waals surface area contributed by atoms with Crippen molar-refractivity contribution >= 4 is 21.6 Å². The molecular formula is C14H23BrN2. The summed E-state index contributed by atoms with van der Waals surface area (Å²) >= 11 is 3.55. The average molecular weight is 299 g/mol. The Hall–Kier alpha value is -0.540. The van der Waals surface area contributed by atoms with Gasteiger partial charge in [0.1, 0.15) is 0 Å². The van der Waals surface area contributed by atoms with Crippen LogP contribution in [0.15, 0.2) is 22.7 Å². The van der Waals surface area contributed by atoms with E-state index in [1.807, 2.05) is 0 Å². The van der Waals surface area contributed by atoms with Gasteiger partial charge in [-0.3, -0.25) is 0 Å². The van der Waals surface area contributed by atoms with E-state index in [1.165, 1.54) is 24.1 Å². The fraction of sp³-hybridized carbons (Fsp3) is 0.571. The van der Waals surface area contributed by atoms with Crippen LogP contribution in [-0.2, 0) is 6.42 Å². The molecule has 0 heterocycles. The third-order valence-electron chi connectivity index (χ3n) is 3.21. The van der Waals surface area contributed by atoms with E-state index >= 15 is 0 Å². The smallest absolute Gasteiger partial charge is 0.0410 e. The lowest BCUT2D eigenvalue weighted by Gasteiger charge is -2.29. The maximum atomic E-state index is 5.67. The number of nitrogens with two attached hydrogens (primary N) is 1. The maximum Gasteiger partial charge on any atom is 0.0410 e. The summed E-state index contributed by atoms with van der Waals surface area (Å²) in [4.78, 5) is 2.36. The number of nitrogens with zero attached hydrogens (tertiary/aromatic N) is 1. The van der Waals surface area contributed by atoms with Crippen molar-refractivity contribution < 1.29 is 0 Å². The first kappa shape index (κ1) is 14.5. The number of anilines is 1. The molecule has 0 spiro atoms. The molecule has 0 amide bonds. The van der Waals surface area contributed by atoms with Gasteiger partial charge in [0.05, 0.1) is 0 Å². The van der Waals surface area contributed by atoms with Crippen molar-refractivity contribution in [3.63, 3.8) is 0 Å². The van der Waals surface area contributed by atoms with Gasteiger partial charge in [0.15, 0.2) is 0 Å². The van der Waals surface area contributed by atoms with E-state index in [-0.39, 0.29) is 0 Å². The first-order valence-electron chi connectivity index (χ1n) is 6.31. The molecule has 2 nitrogen and oxygen atoms in total. The highest BCUT2D eigenvalue weighted by atomic mass is 79.9. The van der Waals surface area contributed by atoms with Gasteiger partial charge in [-0.2, -0.15) is 0 Å².